The van der Waals surface area contributed by atoms with Gasteiger partial charge >= 0.3 is 0 Å². The summed E-state index contributed by atoms with van der Waals surface area (Å²) in [6, 6.07) is 0. The van der Waals surface area contributed by atoms with E-state index in [1.54, 1.807) is 0 Å². The number of hydrogen-bond donors (Lipinski definition) is 2. The van der Waals surface area contributed by atoms with Crippen LogP contribution in [0, 0.1) is 0 Å². The van der Waals surface area contributed by atoms with Crippen molar-refractivity contribution in [2.45, 2.75) is 56.1 Å². The molecule has 1 fully saturated rings. The molecule has 2 rings (SSSR count). The molecule has 1 saturated carbocycles. The number of nitrogens with two attached hydrogens (primary N) is 1. The molecule has 0 unspecified atom stereocenters. The van der Waals surface area contributed by atoms with E-state index in [0.717, 1.165) is 32.1 Å². The Labute approximate surface area is 91.9 Å². The maximum atomic E-state index is 10.5. The van der Waals surface area contributed by atoms with Gasteiger partial charge in [-0.3, -0.25) is 0 Å². The number of allylic oxidation sites excluding steroid dienone is 2. The minimum atomic E-state index is -0.511. The second-order valence-electron chi connectivity index (χ2n) is 5.19. The molecule has 2 heteroatoms. The first-order valence-corrected chi connectivity index (χ1v) is 5.98. The highest BCUT2D eigenvalue weighted by Crippen LogP contribution is 2.36. The van der Waals surface area contributed by atoms with Gasteiger partial charge in [0, 0.05) is 5.54 Å². The monoisotopic (exact) mass is 207 g/mol. The highest BCUT2D eigenvalue weighted by atomic mass is 16.3. The summed E-state index contributed by atoms with van der Waals surface area (Å²) in [5, 5.41) is 10.5. The first-order chi connectivity index (χ1) is 7.12. The summed E-state index contributed by atoms with van der Waals surface area (Å²) >= 11 is 0. The van der Waals surface area contributed by atoms with Gasteiger partial charge in [-0.1, -0.05) is 43.6 Å². The average molecular weight is 207 g/mol. The third-order valence-corrected chi connectivity index (χ3v) is 3.62. The fourth-order valence-electron chi connectivity index (χ4n) is 2.81. The molecule has 0 bridgehead atoms. The summed E-state index contributed by atoms with van der Waals surface area (Å²) in [6.07, 6.45) is 15.1. The lowest BCUT2D eigenvalue weighted by Crippen LogP contribution is -2.47. The van der Waals surface area contributed by atoms with Crippen molar-refractivity contribution in [1.82, 2.24) is 0 Å². The zero-order valence-corrected chi connectivity index (χ0v) is 9.28. The van der Waals surface area contributed by atoms with Gasteiger partial charge in [-0.25, -0.2) is 0 Å². The van der Waals surface area contributed by atoms with Crippen molar-refractivity contribution in [2.75, 3.05) is 0 Å². The van der Waals surface area contributed by atoms with Crippen LogP contribution in [0.1, 0.15) is 44.9 Å². The van der Waals surface area contributed by atoms with Gasteiger partial charge in [-0.2, -0.15) is 0 Å². The zero-order valence-electron chi connectivity index (χ0n) is 9.28. The smallest absolute Gasteiger partial charge is 0.0668 e. The van der Waals surface area contributed by atoms with E-state index in [-0.39, 0.29) is 5.54 Å². The molecule has 2 aliphatic carbocycles. The van der Waals surface area contributed by atoms with Crippen LogP contribution >= 0.6 is 0 Å². The maximum absolute atomic E-state index is 10.5. The molecule has 0 spiro atoms. The Morgan fingerprint density at radius 3 is 2.47 bits per heavy atom. The van der Waals surface area contributed by atoms with Crippen molar-refractivity contribution < 1.29 is 5.11 Å². The second kappa shape index (κ2) is 4.11. The van der Waals surface area contributed by atoms with Crippen LogP contribution in [0.5, 0.6) is 0 Å². The van der Waals surface area contributed by atoms with Gasteiger partial charge in [0.25, 0.3) is 0 Å². The Morgan fingerprint density at radius 2 is 1.87 bits per heavy atom. The topological polar surface area (TPSA) is 46.2 Å². The lowest BCUT2D eigenvalue weighted by atomic mass is 9.74. The largest absolute Gasteiger partial charge is 0.390 e. The number of aliphatic hydroxyl groups is 1. The van der Waals surface area contributed by atoms with E-state index in [1.807, 2.05) is 18.2 Å². The summed E-state index contributed by atoms with van der Waals surface area (Å²) in [4.78, 5) is 0. The minimum absolute atomic E-state index is 0.319. The molecule has 0 heterocycles. The third-order valence-electron chi connectivity index (χ3n) is 3.62. The first kappa shape index (κ1) is 10.9. The zero-order chi connectivity index (χ0) is 10.8. The maximum Gasteiger partial charge on any atom is 0.0668 e. The van der Waals surface area contributed by atoms with E-state index < -0.39 is 5.60 Å². The van der Waals surface area contributed by atoms with E-state index in [0.29, 0.717) is 6.42 Å². The summed E-state index contributed by atoms with van der Waals surface area (Å²) in [6.45, 7) is 0. The van der Waals surface area contributed by atoms with E-state index in [2.05, 4.69) is 6.08 Å². The normalized spacial score (nSPS) is 34.3. The fourth-order valence-corrected chi connectivity index (χ4v) is 2.81. The van der Waals surface area contributed by atoms with Crippen molar-refractivity contribution in [1.29, 1.82) is 0 Å². The van der Waals surface area contributed by atoms with Gasteiger partial charge in [0.15, 0.2) is 0 Å². The summed E-state index contributed by atoms with van der Waals surface area (Å²) < 4.78 is 0. The molecule has 0 aromatic heterocycles. The Bertz CT molecular complexity index is 276. The molecule has 0 aromatic carbocycles. The van der Waals surface area contributed by atoms with Crippen LogP contribution < -0.4 is 5.73 Å². The van der Waals surface area contributed by atoms with Crippen LogP contribution in [-0.2, 0) is 0 Å². The van der Waals surface area contributed by atoms with Crippen LogP contribution in [0.15, 0.2) is 24.3 Å². The predicted octanol–water partition coefficient (Wildman–Crippen LogP) is 2.29. The van der Waals surface area contributed by atoms with E-state index in [9.17, 15) is 5.11 Å². The highest BCUT2D eigenvalue weighted by molar-refractivity contribution is 5.21. The fraction of sp³-hybridized carbons (Fsp3) is 0.692. The summed E-state index contributed by atoms with van der Waals surface area (Å²) in [5.41, 5.74) is 5.45. The van der Waals surface area contributed by atoms with Crippen LogP contribution in [-0.4, -0.2) is 16.2 Å². The Kier molecular flexibility index (Phi) is 2.98. The Morgan fingerprint density at radius 1 is 1.13 bits per heavy atom. The van der Waals surface area contributed by atoms with Gasteiger partial charge in [0.2, 0.25) is 0 Å². The van der Waals surface area contributed by atoms with E-state index in [4.69, 9.17) is 5.73 Å². The lowest BCUT2D eigenvalue weighted by molar-refractivity contribution is -0.0167. The van der Waals surface area contributed by atoms with Crippen molar-refractivity contribution in [2.24, 2.45) is 5.73 Å². The molecule has 15 heavy (non-hydrogen) atoms. The quantitative estimate of drug-likeness (QED) is 0.729. The standard InChI is InChI=1S/C13H21NO/c14-12(7-3-1-4-8-12)11-13(15)9-5-2-6-10-13/h1,3-4,7,15H,2,5-6,8-11,14H2/t12-/m1/s1. The van der Waals surface area contributed by atoms with E-state index >= 15 is 0 Å². The van der Waals surface area contributed by atoms with Crippen molar-refractivity contribution >= 4 is 0 Å². The Hall–Kier alpha value is -0.600. The van der Waals surface area contributed by atoms with Crippen molar-refractivity contribution in [3.05, 3.63) is 24.3 Å². The predicted molar refractivity (Wildman–Crippen MR) is 62.5 cm³/mol. The molecule has 0 aliphatic heterocycles. The van der Waals surface area contributed by atoms with E-state index in [1.165, 1.54) is 6.42 Å². The second-order valence-corrected chi connectivity index (χ2v) is 5.19. The molecule has 2 aliphatic rings. The van der Waals surface area contributed by atoms with Gasteiger partial charge in [0.1, 0.15) is 0 Å². The molecule has 84 valence electrons. The van der Waals surface area contributed by atoms with Gasteiger partial charge in [-0.05, 0) is 25.7 Å². The van der Waals surface area contributed by atoms with Gasteiger partial charge in [0.05, 0.1) is 5.60 Å². The van der Waals surface area contributed by atoms with Gasteiger partial charge in [-0.15, -0.1) is 0 Å². The van der Waals surface area contributed by atoms with Crippen molar-refractivity contribution in [3.8, 4) is 0 Å². The molecular formula is C13H21NO. The van der Waals surface area contributed by atoms with Crippen LogP contribution in [0.4, 0.5) is 0 Å². The summed E-state index contributed by atoms with van der Waals surface area (Å²) in [5.74, 6) is 0. The molecule has 0 saturated heterocycles. The number of rotatable bonds is 2. The Balaban J connectivity index is 2.00. The molecule has 2 nitrogen and oxygen atoms in total. The van der Waals surface area contributed by atoms with Crippen LogP contribution in [0.2, 0.25) is 0 Å². The van der Waals surface area contributed by atoms with Crippen LogP contribution in [0.25, 0.3) is 0 Å². The molecule has 0 amide bonds. The molecule has 0 radical (unpaired) electrons. The van der Waals surface area contributed by atoms with Crippen molar-refractivity contribution in [3.63, 3.8) is 0 Å². The van der Waals surface area contributed by atoms with Gasteiger partial charge < -0.3 is 10.8 Å². The summed E-state index contributed by atoms with van der Waals surface area (Å²) in [7, 11) is 0. The molecular weight excluding hydrogens is 186 g/mol. The SMILES string of the molecule is N[C@]1(CC2(O)CCCCC2)C=CC=CC1. The lowest BCUT2D eigenvalue weighted by Gasteiger charge is -2.39. The molecule has 3 N–H and O–H groups in total. The van der Waals surface area contributed by atoms with Crippen LogP contribution in [0.3, 0.4) is 0 Å². The first-order valence-electron chi connectivity index (χ1n) is 5.98. The minimum Gasteiger partial charge on any atom is -0.390 e. The average Bonchev–Trinajstić information content (AvgIpc) is 2.18. The molecule has 0 aromatic rings. The molecule has 1 atom stereocenters. The highest BCUT2D eigenvalue weighted by Gasteiger charge is 2.36. The number of hydrogen-bond acceptors (Lipinski definition) is 2. The third kappa shape index (κ3) is 2.70.